The Morgan fingerprint density at radius 1 is 1.41 bits per heavy atom. The van der Waals surface area contributed by atoms with Crippen LogP contribution in [0.2, 0.25) is 5.02 Å². The van der Waals surface area contributed by atoms with Crippen LogP contribution < -0.4 is 0 Å². The van der Waals surface area contributed by atoms with Crippen LogP contribution in [0.5, 0.6) is 0 Å². The zero-order valence-corrected chi connectivity index (χ0v) is 11.0. The lowest BCUT2D eigenvalue weighted by Gasteiger charge is -1.97. The van der Waals surface area contributed by atoms with E-state index >= 15 is 0 Å². The second-order valence-electron chi connectivity index (χ2n) is 3.46. The summed E-state index contributed by atoms with van der Waals surface area (Å²) in [6.07, 6.45) is 1.51. The second-order valence-corrected chi connectivity index (χ2v) is 3.90. The van der Waals surface area contributed by atoms with Crippen molar-refractivity contribution in [1.29, 1.82) is 0 Å². The molecule has 0 aromatic heterocycles. The van der Waals surface area contributed by atoms with Crippen LogP contribution in [0.15, 0.2) is 49.1 Å². The first kappa shape index (κ1) is 15.5. The molecule has 2 nitrogen and oxygen atoms in total. The first-order chi connectivity index (χ1) is 7.97. The van der Waals surface area contributed by atoms with Crippen LogP contribution >= 0.6 is 11.6 Å². The summed E-state index contributed by atoms with van der Waals surface area (Å²) in [4.78, 5) is 10.5. The Morgan fingerprint density at radius 3 is 2.29 bits per heavy atom. The largest absolute Gasteiger partial charge is 0.458 e. The maximum Gasteiger partial charge on any atom is 0.333 e. The molecule has 17 heavy (non-hydrogen) atoms. The number of benzene rings is 1. The molecule has 1 rings (SSSR count). The van der Waals surface area contributed by atoms with Crippen LogP contribution in [0, 0.1) is 6.92 Å². The summed E-state index contributed by atoms with van der Waals surface area (Å²) < 4.78 is 4.60. The fourth-order valence-electron chi connectivity index (χ4n) is 0.791. The van der Waals surface area contributed by atoms with E-state index in [-0.39, 0.29) is 12.6 Å². The molecule has 0 saturated heterocycles. The van der Waals surface area contributed by atoms with Crippen molar-refractivity contribution in [2.75, 3.05) is 6.61 Å². The third-order valence-electron chi connectivity index (χ3n) is 1.69. The van der Waals surface area contributed by atoms with Crippen molar-refractivity contribution in [2.24, 2.45) is 0 Å². The number of esters is 1. The van der Waals surface area contributed by atoms with E-state index in [9.17, 15) is 4.79 Å². The molecule has 0 aliphatic rings. The molecule has 0 radical (unpaired) electrons. The highest BCUT2D eigenvalue weighted by Crippen LogP contribution is 2.07. The van der Waals surface area contributed by atoms with Gasteiger partial charge in [-0.3, -0.25) is 0 Å². The van der Waals surface area contributed by atoms with Crippen molar-refractivity contribution < 1.29 is 9.53 Å². The minimum Gasteiger partial charge on any atom is -0.458 e. The van der Waals surface area contributed by atoms with E-state index in [1.807, 2.05) is 31.2 Å². The van der Waals surface area contributed by atoms with E-state index in [1.165, 1.54) is 11.6 Å². The molecule has 0 aliphatic carbocycles. The topological polar surface area (TPSA) is 26.3 Å². The molecule has 0 spiro atoms. The Balaban J connectivity index is 0.000000302. The van der Waals surface area contributed by atoms with Gasteiger partial charge in [0.15, 0.2) is 0 Å². The highest BCUT2D eigenvalue weighted by Gasteiger charge is 1.98. The Labute approximate surface area is 108 Å². The second kappa shape index (κ2) is 8.59. The normalized spacial score (nSPS) is 8.65. The Kier molecular flexibility index (Phi) is 7.82. The van der Waals surface area contributed by atoms with Crippen molar-refractivity contribution in [3.05, 3.63) is 59.7 Å². The van der Waals surface area contributed by atoms with Crippen LogP contribution in [0.25, 0.3) is 0 Å². The maximum atomic E-state index is 10.5. The Hall–Kier alpha value is -1.54. The predicted octanol–water partition coefficient (Wildman–Crippen LogP) is 3.94. The molecule has 1 aromatic carbocycles. The summed E-state index contributed by atoms with van der Waals surface area (Å²) in [5, 5.41) is 0.801. The molecule has 0 aliphatic heterocycles. The lowest BCUT2D eigenvalue weighted by molar-refractivity contribution is -0.137. The molecule has 0 bridgehead atoms. The minimum atomic E-state index is -0.366. The highest BCUT2D eigenvalue weighted by molar-refractivity contribution is 6.30. The van der Waals surface area contributed by atoms with Crippen molar-refractivity contribution in [2.45, 2.75) is 13.8 Å². The third kappa shape index (κ3) is 8.29. The van der Waals surface area contributed by atoms with E-state index in [4.69, 9.17) is 11.6 Å². The van der Waals surface area contributed by atoms with Crippen molar-refractivity contribution in [3.63, 3.8) is 0 Å². The van der Waals surface area contributed by atoms with Crippen LogP contribution in [0.4, 0.5) is 0 Å². The molecule has 0 saturated carbocycles. The summed E-state index contributed by atoms with van der Waals surface area (Å²) >= 11 is 5.61. The molecule has 0 heterocycles. The lowest BCUT2D eigenvalue weighted by Crippen LogP contribution is -2.03. The van der Waals surface area contributed by atoms with Crippen LogP contribution in [0.1, 0.15) is 12.5 Å². The van der Waals surface area contributed by atoms with Gasteiger partial charge in [-0.1, -0.05) is 48.5 Å². The summed E-state index contributed by atoms with van der Waals surface area (Å²) in [5.74, 6) is -0.366. The van der Waals surface area contributed by atoms with E-state index in [0.717, 1.165) is 5.02 Å². The van der Waals surface area contributed by atoms with E-state index in [0.29, 0.717) is 5.57 Å². The van der Waals surface area contributed by atoms with E-state index in [2.05, 4.69) is 17.9 Å². The van der Waals surface area contributed by atoms with Crippen LogP contribution in [-0.2, 0) is 9.53 Å². The molecule has 0 atom stereocenters. The van der Waals surface area contributed by atoms with E-state index < -0.39 is 0 Å². The summed E-state index contributed by atoms with van der Waals surface area (Å²) in [6, 6.07) is 7.75. The monoisotopic (exact) mass is 252 g/mol. The van der Waals surface area contributed by atoms with Gasteiger partial charge >= 0.3 is 5.97 Å². The highest BCUT2D eigenvalue weighted by atomic mass is 35.5. The fourth-order valence-corrected chi connectivity index (χ4v) is 0.917. The van der Waals surface area contributed by atoms with Crippen molar-refractivity contribution >= 4 is 17.6 Å². The molecule has 0 unspecified atom stereocenters. The molecule has 92 valence electrons. The van der Waals surface area contributed by atoms with Gasteiger partial charge in [-0.05, 0) is 26.0 Å². The number of hydrogen-bond acceptors (Lipinski definition) is 2. The number of halogens is 1. The maximum absolute atomic E-state index is 10.5. The van der Waals surface area contributed by atoms with Crippen molar-refractivity contribution in [3.8, 4) is 0 Å². The molecule has 3 heteroatoms. The third-order valence-corrected chi connectivity index (χ3v) is 1.94. The van der Waals surface area contributed by atoms with Gasteiger partial charge in [-0.25, -0.2) is 4.79 Å². The van der Waals surface area contributed by atoms with Gasteiger partial charge in [0.1, 0.15) is 6.61 Å². The summed E-state index contributed by atoms with van der Waals surface area (Å²) in [7, 11) is 0. The van der Waals surface area contributed by atoms with Gasteiger partial charge in [0.25, 0.3) is 0 Å². The van der Waals surface area contributed by atoms with Gasteiger partial charge in [0.2, 0.25) is 0 Å². The first-order valence-corrected chi connectivity index (χ1v) is 5.51. The molecule has 0 N–H and O–H groups in total. The standard InChI is InChI=1S/C7H7Cl.C7H10O2/c1-6-2-4-7(8)5-3-6;1-4-5-9-7(8)6(2)3/h2-5H,1H3;4H,1-2,5H2,3H3. The molecule has 1 aromatic rings. The number of hydrogen-bond donors (Lipinski definition) is 0. The zero-order chi connectivity index (χ0) is 13.3. The molecular formula is C14H17ClO2. The van der Waals surface area contributed by atoms with E-state index in [1.54, 1.807) is 6.92 Å². The average molecular weight is 253 g/mol. The lowest BCUT2D eigenvalue weighted by atomic mass is 10.2. The number of ether oxygens (including phenoxy) is 1. The van der Waals surface area contributed by atoms with Gasteiger partial charge in [-0.2, -0.15) is 0 Å². The zero-order valence-electron chi connectivity index (χ0n) is 10.2. The van der Waals surface area contributed by atoms with Crippen LogP contribution in [-0.4, -0.2) is 12.6 Å². The van der Waals surface area contributed by atoms with Gasteiger partial charge in [0, 0.05) is 10.6 Å². The molecule has 0 amide bonds. The number of rotatable bonds is 3. The number of aryl methyl sites for hydroxylation is 1. The average Bonchev–Trinajstić information content (AvgIpc) is 2.30. The Bertz CT molecular complexity index is 359. The van der Waals surface area contributed by atoms with Crippen molar-refractivity contribution in [1.82, 2.24) is 0 Å². The number of carbonyl (C=O) groups excluding carboxylic acids is 1. The smallest absolute Gasteiger partial charge is 0.333 e. The van der Waals surface area contributed by atoms with Gasteiger partial charge in [0.05, 0.1) is 0 Å². The Morgan fingerprint density at radius 2 is 1.94 bits per heavy atom. The molecular weight excluding hydrogens is 236 g/mol. The van der Waals surface area contributed by atoms with Gasteiger partial charge in [-0.15, -0.1) is 0 Å². The number of carbonyl (C=O) groups is 1. The molecule has 0 fully saturated rings. The summed E-state index contributed by atoms with van der Waals surface area (Å²) in [5.41, 5.74) is 1.66. The SMILES string of the molecule is C=CCOC(=O)C(=C)C.Cc1ccc(Cl)cc1. The quantitative estimate of drug-likeness (QED) is 0.463. The first-order valence-electron chi connectivity index (χ1n) is 5.13. The van der Waals surface area contributed by atoms with Gasteiger partial charge < -0.3 is 4.74 Å². The summed E-state index contributed by atoms with van der Waals surface area (Å²) in [6.45, 7) is 10.7. The fraction of sp³-hybridized carbons (Fsp3) is 0.214. The minimum absolute atomic E-state index is 0.256. The predicted molar refractivity (Wildman–Crippen MR) is 72.2 cm³/mol. The van der Waals surface area contributed by atoms with Crippen LogP contribution in [0.3, 0.4) is 0 Å².